The van der Waals surface area contributed by atoms with E-state index in [9.17, 15) is 0 Å². The molecule has 0 aliphatic heterocycles. The minimum absolute atomic E-state index is 0.539. The van der Waals surface area contributed by atoms with Gasteiger partial charge in [0.05, 0.1) is 22.1 Å². The second-order valence-corrected chi connectivity index (χ2v) is 15.1. The molecule has 6 heteroatoms. The average molecular weight is 755 g/mol. The number of fused-ring (bicyclic) bond motifs is 11. The van der Waals surface area contributed by atoms with Crippen LogP contribution in [0.4, 0.5) is 0 Å². The number of aromatic nitrogens is 4. The third-order valence-electron chi connectivity index (χ3n) is 11.8. The first-order valence-electron chi connectivity index (χ1n) is 19.8. The summed E-state index contributed by atoms with van der Waals surface area (Å²) in [5.74, 6) is 1.68. The minimum Gasteiger partial charge on any atom is -0.456 e. The summed E-state index contributed by atoms with van der Waals surface area (Å²) in [5.41, 5.74) is 8.98. The van der Waals surface area contributed by atoms with Crippen LogP contribution in [0, 0.1) is 0 Å². The molecular weight excluding hydrogens is 725 g/mol. The van der Waals surface area contributed by atoms with Crippen molar-refractivity contribution >= 4 is 87.2 Å². The first kappa shape index (κ1) is 32.0. The van der Waals surface area contributed by atoms with Crippen molar-refractivity contribution in [2.45, 2.75) is 0 Å². The lowest BCUT2D eigenvalue weighted by Gasteiger charge is -2.14. The Kier molecular flexibility index (Phi) is 6.63. The smallest absolute Gasteiger partial charge is 0.164 e. The van der Waals surface area contributed by atoms with E-state index >= 15 is 0 Å². The van der Waals surface area contributed by atoms with E-state index in [4.69, 9.17) is 23.8 Å². The summed E-state index contributed by atoms with van der Waals surface area (Å²) < 4.78 is 15.5. The molecule has 59 heavy (non-hydrogen) atoms. The Labute approximate surface area is 336 Å². The summed E-state index contributed by atoms with van der Waals surface area (Å²) >= 11 is 0. The summed E-state index contributed by atoms with van der Waals surface area (Å²) in [7, 11) is 0. The van der Waals surface area contributed by atoms with Gasteiger partial charge >= 0.3 is 0 Å². The molecule has 0 bridgehead atoms. The molecule has 0 saturated carbocycles. The third kappa shape index (κ3) is 4.77. The van der Waals surface area contributed by atoms with Crippen LogP contribution in [0.25, 0.3) is 127 Å². The van der Waals surface area contributed by atoms with E-state index in [0.717, 1.165) is 88.1 Å². The van der Waals surface area contributed by atoms with Crippen LogP contribution in [0.5, 0.6) is 0 Å². The van der Waals surface area contributed by atoms with E-state index in [1.165, 1.54) is 21.5 Å². The van der Waals surface area contributed by atoms with Crippen molar-refractivity contribution in [2.24, 2.45) is 0 Å². The second-order valence-electron chi connectivity index (χ2n) is 15.1. The van der Waals surface area contributed by atoms with Crippen LogP contribution in [0.2, 0.25) is 0 Å². The first-order valence-corrected chi connectivity index (χ1v) is 19.8. The van der Waals surface area contributed by atoms with E-state index in [2.05, 4.69) is 144 Å². The van der Waals surface area contributed by atoms with Gasteiger partial charge in [0.15, 0.2) is 17.5 Å². The number of furan rings is 2. The number of nitrogens with zero attached hydrogens (tertiary/aromatic N) is 4. The van der Waals surface area contributed by atoms with Crippen molar-refractivity contribution in [1.82, 2.24) is 19.5 Å². The summed E-state index contributed by atoms with van der Waals surface area (Å²) in [6.07, 6.45) is 0. The van der Waals surface area contributed by atoms with Crippen molar-refractivity contribution in [3.8, 4) is 39.9 Å². The summed E-state index contributed by atoms with van der Waals surface area (Å²) in [5, 5.41) is 11.0. The fourth-order valence-corrected chi connectivity index (χ4v) is 9.18. The number of hydrogen-bond acceptors (Lipinski definition) is 5. The highest BCUT2D eigenvalue weighted by Crippen LogP contribution is 2.43. The predicted molar refractivity (Wildman–Crippen MR) is 240 cm³/mol. The van der Waals surface area contributed by atoms with Crippen molar-refractivity contribution in [3.63, 3.8) is 0 Å². The van der Waals surface area contributed by atoms with Crippen LogP contribution in [0.1, 0.15) is 0 Å². The Morgan fingerprint density at radius 2 is 0.898 bits per heavy atom. The first-order chi connectivity index (χ1) is 29.2. The maximum atomic E-state index is 6.73. The van der Waals surface area contributed by atoms with Crippen LogP contribution in [0.3, 0.4) is 0 Å². The quantitative estimate of drug-likeness (QED) is 0.179. The second kappa shape index (κ2) is 12.2. The topological polar surface area (TPSA) is 69.9 Å². The normalized spacial score (nSPS) is 12.1. The molecule has 0 saturated heterocycles. The van der Waals surface area contributed by atoms with Gasteiger partial charge in [-0.1, -0.05) is 133 Å². The summed E-state index contributed by atoms with van der Waals surface area (Å²) in [6.45, 7) is 0. The number of para-hydroxylation sites is 3. The van der Waals surface area contributed by atoms with E-state index < -0.39 is 0 Å². The maximum Gasteiger partial charge on any atom is 0.164 e. The number of benzene rings is 9. The van der Waals surface area contributed by atoms with Gasteiger partial charge in [-0.25, -0.2) is 15.0 Å². The predicted octanol–water partition coefficient (Wildman–Crippen LogP) is 14.1. The Hall–Kier alpha value is -8.09. The molecule has 13 aromatic rings. The van der Waals surface area contributed by atoms with Crippen molar-refractivity contribution in [2.75, 3.05) is 0 Å². The van der Waals surface area contributed by atoms with Gasteiger partial charge in [-0.15, -0.1) is 0 Å². The van der Waals surface area contributed by atoms with Gasteiger partial charge in [0.25, 0.3) is 0 Å². The molecular formula is C53H30N4O2. The van der Waals surface area contributed by atoms with Gasteiger partial charge in [0.2, 0.25) is 0 Å². The van der Waals surface area contributed by atoms with Gasteiger partial charge in [-0.2, -0.15) is 0 Å². The molecule has 0 amide bonds. The van der Waals surface area contributed by atoms with Crippen LogP contribution in [-0.2, 0) is 0 Å². The van der Waals surface area contributed by atoms with Crippen LogP contribution in [-0.4, -0.2) is 19.5 Å². The largest absolute Gasteiger partial charge is 0.456 e. The third-order valence-corrected chi connectivity index (χ3v) is 11.8. The molecule has 13 rings (SSSR count). The Bertz CT molecular complexity index is 3870. The average Bonchev–Trinajstić information content (AvgIpc) is 3.97. The monoisotopic (exact) mass is 754 g/mol. The van der Waals surface area contributed by atoms with Gasteiger partial charge < -0.3 is 13.4 Å². The van der Waals surface area contributed by atoms with Crippen molar-refractivity contribution in [3.05, 3.63) is 182 Å². The standard InChI is InChI=1S/C53H30N4O2/c1-2-15-33-28-43-41(27-32(33)14-1)36-18-5-8-23-42(36)57(43)44-29-34(30-48-50(44)39-20-7-10-25-46(39)59-48)51-54-52(37-21-11-16-31-13-3-4-17-35(31)37)56-53(55-51)40-22-12-26-47-49(40)38-19-6-9-24-45(38)58-47/h1-30H. The molecule has 9 aromatic carbocycles. The minimum atomic E-state index is 0.539. The van der Waals surface area contributed by atoms with E-state index in [1.54, 1.807) is 0 Å². The fraction of sp³-hybridized carbons (Fsp3) is 0. The van der Waals surface area contributed by atoms with E-state index in [0.29, 0.717) is 17.5 Å². The Morgan fingerprint density at radius 3 is 1.71 bits per heavy atom. The highest BCUT2D eigenvalue weighted by molar-refractivity contribution is 6.17. The van der Waals surface area contributed by atoms with Crippen molar-refractivity contribution in [1.29, 1.82) is 0 Å². The zero-order valence-electron chi connectivity index (χ0n) is 31.4. The Balaban J connectivity index is 1.15. The van der Waals surface area contributed by atoms with Crippen molar-refractivity contribution < 1.29 is 8.83 Å². The van der Waals surface area contributed by atoms with E-state index in [-0.39, 0.29) is 0 Å². The molecule has 0 N–H and O–H groups in total. The van der Waals surface area contributed by atoms with Crippen LogP contribution in [0.15, 0.2) is 191 Å². The van der Waals surface area contributed by atoms with Gasteiger partial charge in [0, 0.05) is 43.6 Å². The number of rotatable bonds is 4. The summed E-state index contributed by atoms with van der Waals surface area (Å²) in [6, 6.07) is 63.3. The molecule has 0 radical (unpaired) electrons. The van der Waals surface area contributed by atoms with Gasteiger partial charge in [-0.3, -0.25) is 0 Å². The molecule has 4 heterocycles. The SMILES string of the molecule is c1ccc2cc3c(cc2c1)c1ccccc1n3-c1cc(-c2nc(-c3cccc4ccccc34)nc(-c3cccc4oc5ccccc5c34)n2)cc2oc3ccccc3c12. The lowest BCUT2D eigenvalue weighted by molar-refractivity contribution is 0.668. The lowest BCUT2D eigenvalue weighted by Crippen LogP contribution is -2.02. The number of hydrogen-bond donors (Lipinski definition) is 0. The summed E-state index contributed by atoms with van der Waals surface area (Å²) in [4.78, 5) is 16.0. The van der Waals surface area contributed by atoms with Gasteiger partial charge in [0.1, 0.15) is 22.3 Å². The van der Waals surface area contributed by atoms with Gasteiger partial charge in [-0.05, 0) is 70.1 Å². The molecule has 0 atom stereocenters. The highest BCUT2D eigenvalue weighted by Gasteiger charge is 2.23. The molecule has 0 spiro atoms. The molecule has 0 aliphatic rings. The molecule has 0 fully saturated rings. The molecule has 6 nitrogen and oxygen atoms in total. The molecule has 0 unspecified atom stereocenters. The van der Waals surface area contributed by atoms with Crippen LogP contribution >= 0.6 is 0 Å². The maximum absolute atomic E-state index is 6.73. The molecule has 4 aromatic heterocycles. The highest BCUT2D eigenvalue weighted by atomic mass is 16.3. The fourth-order valence-electron chi connectivity index (χ4n) is 9.18. The zero-order valence-corrected chi connectivity index (χ0v) is 31.4. The molecule has 0 aliphatic carbocycles. The Morgan fingerprint density at radius 1 is 0.339 bits per heavy atom. The van der Waals surface area contributed by atoms with Crippen LogP contribution < -0.4 is 0 Å². The van der Waals surface area contributed by atoms with E-state index in [1.807, 2.05) is 42.5 Å². The lowest BCUT2D eigenvalue weighted by atomic mass is 10.0. The molecule has 274 valence electrons. The zero-order chi connectivity index (χ0) is 38.6.